The average molecular weight is 240 g/mol. The highest BCUT2D eigenvalue weighted by molar-refractivity contribution is 5.09. The fourth-order valence-corrected chi connectivity index (χ4v) is 1.74. The van der Waals surface area contributed by atoms with Gasteiger partial charge in [-0.3, -0.25) is 9.36 Å². The van der Waals surface area contributed by atoms with Crippen molar-refractivity contribution in [3.8, 4) is 0 Å². The van der Waals surface area contributed by atoms with E-state index in [0.29, 0.717) is 13.1 Å². The van der Waals surface area contributed by atoms with Crippen LogP contribution in [0.4, 0.5) is 0 Å². The topological polar surface area (TPSA) is 61.4 Å². The van der Waals surface area contributed by atoms with Gasteiger partial charge in [0.25, 0.3) is 0 Å². The van der Waals surface area contributed by atoms with Crippen molar-refractivity contribution in [1.29, 1.82) is 0 Å². The Balaban J connectivity index is 1.76. The molecule has 0 atom stereocenters. The number of nitrogens with zero attached hydrogens (tertiary/aromatic N) is 6. The SMILES string of the molecule is c1cnn(Cc2cc(Cn3cccn3)ncn2)c1. The Morgan fingerprint density at radius 2 is 1.39 bits per heavy atom. The molecular formula is C12H12N6. The number of aromatic nitrogens is 6. The lowest BCUT2D eigenvalue weighted by molar-refractivity contribution is 0.650. The van der Waals surface area contributed by atoms with Crippen molar-refractivity contribution in [2.45, 2.75) is 13.1 Å². The van der Waals surface area contributed by atoms with Crippen LogP contribution in [0.3, 0.4) is 0 Å². The normalized spacial score (nSPS) is 10.7. The van der Waals surface area contributed by atoms with E-state index in [1.165, 1.54) is 0 Å². The van der Waals surface area contributed by atoms with Crippen molar-refractivity contribution >= 4 is 0 Å². The maximum atomic E-state index is 4.24. The van der Waals surface area contributed by atoms with Crippen LogP contribution in [-0.4, -0.2) is 29.5 Å². The summed E-state index contributed by atoms with van der Waals surface area (Å²) in [4.78, 5) is 8.48. The van der Waals surface area contributed by atoms with Gasteiger partial charge in [-0.1, -0.05) is 0 Å². The van der Waals surface area contributed by atoms with Crippen LogP contribution in [0.15, 0.2) is 49.3 Å². The van der Waals surface area contributed by atoms with Crippen LogP contribution in [0.1, 0.15) is 11.4 Å². The maximum Gasteiger partial charge on any atom is 0.116 e. The van der Waals surface area contributed by atoms with Crippen LogP contribution >= 0.6 is 0 Å². The minimum absolute atomic E-state index is 0.654. The Bertz CT molecular complexity index is 548. The molecule has 0 saturated heterocycles. The molecule has 3 rings (SSSR count). The molecule has 3 aromatic rings. The molecule has 90 valence electrons. The van der Waals surface area contributed by atoms with Crippen LogP contribution in [0.2, 0.25) is 0 Å². The molecule has 0 aliphatic heterocycles. The van der Waals surface area contributed by atoms with Gasteiger partial charge in [0.15, 0.2) is 0 Å². The third-order valence-corrected chi connectivity index (χ3v) is 2.55. The lowest BCUT2D eigenvalue weighted by Crippen LogP contribution is -2.06. The Labute approximate surface area is 104 Å². The van der Waals surface area contributed by atoms with Gasteiger partial charge in [-0.2, -0.15) is 10.2 Å². The molecule has 3 heterocycles. The maximum absolute atomic E-state index is 4.24. The molecule has 0 aliphatic carbocycles. The zero-order chi connectivity index (χ0) is 12.2. The van der Waals surface area contributed by atoms with Gasteiger partial charge in [-0.15, -0.1) is 0 Å². The summed E-state index contributed by atoms with van der Waals surface area (Å²) in [5.41, 5.74) is 1.88. The van der Waals surface area contributed by atoms with Gasteiger partial charge in [0.05, 0.1) is 24.5 Å². The highest BCUT2D eigenvalue weighted by atomic mass is 15.3. The summed E-state index contributed by atoms with van der Waals surface area (Å²) in [6.07, 6.45) is 8.92. The van der Waals surface area contributed by atoms with E-state index >= 15 is 0 Å². The predicted octanol–water partition coefficient (Wildman–Crippen LogP) is 0.966. The Hall–Kier alpha value is -2.50. The molecule has 0 saturated carbocycles. The van der Waals surface area contributed by atoms with Crippen molar-refractivity contribution in [2.75, 3.05) is 0 Å². The van der Waals surface area contributed by atoms with Gasteiger partial charge in [0.1, 0.15) is 6.33 Å². The van der Waals surface area contributed by atoms with Crippen LogP contribution < -0.4 is 0 Å². The highest BCUT2D eigenvalue weighted by Gasteiger charge is 2.01. The summed E-state index contributed by atoms with van der Waals surface area (Å²) < 4.78 is 3.67. The predicted molar refractivity (Wildman–Crippen MR) is 64.7 cm³/mol. The molecule has 0 fully saturated rings. The molecule has 0 aromatic carbocycles. The minimum atomic E-state index is 0.654. The third-order valence-electron chi connectivity index (χ3n) is 2.55. The summed E-state index contributed by atoms with van der Waals surface area (Å²) in [6, 6.07) is 5.76. The molecule has 0 spiro atoms. The Kier molecular flexibility index (Phi) is 2.83. The first-order chi connectivity index (χ1) is 8.90. The molecule has 3 aromatic heterocycles. The van der Waals surface area contributed by atoms with Crippen molar-refractivity contribution in [3.05, 3.63) is 60.7 Å². The van der Waals surface area contributed by atoms with E-state index in [-0.39, 0.29) is 0 Å². The van der Waals surface area contributed by atoms with Crippen LogP contribution in [-0.2, 0) is 13.1 Å². The van der Waals surface area contributed by atoms with Gasteiger partial charge in [-0.25, -0.2) is 9.97 Å². The lowest BCUT2D eigenvalue weighted by Gasteiger charge is -2.04. The summed E-state index contributed by atoms with van der Waals surface area (Å²) in [7, 11) is 0. The van der Waals surface area contributed by atoms with Crippen molar-refractivity contribution in [3.63, 3.8) is 0 Å². The van der Waals surface area contributed by atoms with Crippen molar-refractivity contribution in [2.24, 2.45) is 0 Å². The molecule has 18 heavy (non-hydrogen) atoms. The van der Waals surface area contributed by atoms with Gasteiger partial charge < -0.3 is 0 Å². The summed E-state index contributed by atoms with van der Waals surface area (Å²) >= 11 is 0. The molecule has 0 amide bonds. The van der Waals surface area contributed by atoms with Crippen molar-refractivity contribution in [1.82, 2.24) is 29.5 Å². The van der Waals surface area contributed by atoms with E-state index in [0.717, 1.165) is 11.4 Å². The van der Waals surface area contributed by atoms with Crippen LogP contribution in [0, 0.1) is 0 Å². The second kappa shape index (κ2) is 4.79. The molecular weight excluding hydrogens is 228 g/mol. The van der Waals surface area contributed by atoms with Gasteiger partial charge in [0.2, 0.25) is 0 Å². The molecule has 0 bridgehead atoms. The molecule has 6 heteroatoms. The smallest absolute Gasteiger partial charge is 0.116 e. The quantitative estimate of drug-likeness (QED) is 0.681. The largest absolute Gasteiger partial charge is 0.267 e. The van der Waals surface area contributed by atoms with E-state index in [2.05, 4.69) is 20.2 Å². The van der Waals surface area contributed by atoms with E-state index in [1.807, 2.05) is 40.0 Å². The fourth-order valence-electron chi connectivity index (χ4n) is 1.74. The number of hydrogen-bond donors (Lipinski definition) is 0. The van der Waals surface area contributed by atoms with Gasteiger partial charge in [0, 0.05) is 24.8 Å². The summed E-state index contributed by atoms with van der Waals surface area (Å²) in [6.45, 7) is 1.31. The second-order valence-electron chi connectivity index (χ2n) is 3.91. The number of hydrogen-bond acceptors (Lipinski definition) is 4. The van der Waals surface area contributed by atoms with Crippen molar-refractivity contribution < 1.29 is 0 Å². The zero-order valence-corrected chi connectivity index (χ0v) is 9.72. The van der Waals surface area contributed by atoms with Crippen LogP contribution in [0.25, 0.3) is 0 Å². The molecule has 0 unspecified atom stereocenters. The van der Waals surface area contributed by atoms with Gasteiger partial charge >= 0.3 is 0 Å². The first kappa shape index (κ1) is 10.6. The first-order valence-electron chi connectivity index (χ1n) is 5.65. The number of rotatable bonds is 4. The lowest BCUT2D eigenvalue weighted by atomic mass is 10.3. The molecule has 0 aliphatic rings. The highest BCUT2D eigenvalue weighted by Crippen LogP contribution is 2.02. The van der Waals surface area contributed by atoms with E-state index in [4.69, 9.17) is 0 Å². The third kappa shape index (κ3) is 2.42. The molecule has 6 nitrogen and oxygen atoms in total. The van der Waals surface area contributed by atoms with Crippen LogP contribution in [0.5, 0.6) is 0 Å². The molecule has 0 N–H and O–H groups in total. The standard InChI is InChI=1S/C12H12N6/c1-3-15-17(5-1)8-11-7-12(14-10-13-11)9-18-6-2-4-16-18/h1-7,10H,8-9H2. The summed E-state index contributed by atoms with van der Waals surface area (Å²) in [5, 5.41) is 8.31. The van der Waals surface area contributed by atoms with Gasteiger partial charge in [-0.05, 0) is 18.2 Å². The zero-order valence-electron chi connectivity index (χ0n) is 9.72. The Morgan fingerprint density at radius 3 is 1.83 bits per heavy atom. The minimum Gasteiger partial charge on any atom is -0.267 e. The van der Waals surface area contributed by atoms with E-state index in [9.17, 15) is 0 Å². The molecule has 0 radical (unpaired) electrons. The average Bonchev–Trinajstić information content (AvgIpc) is 3.03. The van der Waals surface area contributed by atoms with E-state index < -0.39 is 0 Å². The fraction of sp³-hybridized carbons (Fsp3) is 0.167. The van der Waals surface area contributed by atoms with E-state index in [1.54, 1.807) is 18.7 Å². The Morgan fingerprint density at radius 1 is 0.833 bits per heavy atom. The monoisotopic (exact) mass is 240 g/mol. The first-order valence-corrected chi connectivity index (χ1v) is 5.65. The summed E-state index contributed by atoms with van der Waals surface area (Å²) in [5.74, 6) is 0. The second-order valence-corrected chi connectivity index (χ2v) is 3.91.